The molecule has 0 heterocycles. The van der Waals surface area contributed by atoms with E-state index in [2.05, 4.69) is 18.6 Å². The molecule has 0 spiro atoms. The molecule has 1 atom stereocenters. The molecule has 0 saturated carbocycles. The van der Waals surface area contributed by atoms with Gasteiger partial charge in [0.2, 0.25) is 0 Å². The molecule has 84 valence electrons. The smallest absolute Gasteiger partial charge is 0.309 e. The Labute approximate surface area is 90.5 Å². The van der Waals surface area contributed by atoms with Crippen molar-refractivity contribution in [2.75, 3.05) is 7.11 Å². The lowest BCUT2D eigenvalue weighted by Gasteiger charge is -2.24. The number of ketones is 1. The molecular weight excluding hydrogens is 192 g/mol. The van der Waals surface area contributed by atoms with Crippen molar-refractivity contribution in [1.29, 1.82) is 0 Å². The Hall–Kier alpha value is -1.12. The average molecular weight is 210 g/mol. The van der Waals surface area contributed by atoms with E-state index >= 15 is 0 Å². The van der Waals surface area contributed by atoms with Crippen molar-refractivity contribution in [2.45, 2.75) is 33.1 Å². The van der Waals surface area contributed by atoms with Crippen LogP contribution in [-0.2, 0) is 14.3 Å². The first-order valence-corrected chi connectivity index (χ1v) is 5.32. The molecule has 0 aromatic carbocycles. The third kappa shape index (κ3) is 3.50. The topological polar surface area (TPSA) is 43.4 Å². The Balaban J connectivity index is 2.65. The van der Waals surface area contributed by atoms with Crippen LogP contribution in [-0.4, -0.2) is 18.9 Å². The fourth-order valence-electron chi connectivity index (χ4n) is 1.87. The van der Waals surface area contributed by atoms with Gasteiger partial charge in [0.1, 0.15) is 0 Å². The number of hydrogen-bond donors (Lipinski definition) is 0. The lowest BCUT2D eigenvalue weighted by atomic mass is 9.80. The van der Waals surface area contributed by atoms with E-state index in [1.165, 1.54) is 7.11 Å². The minimum absolute atomic E-state index is 0.138. The maximum Gasteiger partial charge on any atom is 0.309 e. The number of rotatable bonds is 3. The Morgan fingerprint density at radius 2 is 2.20 bits per heavy atom. The van der Waals surface area contributed by atoms with Crippen molar-refractivity contribution in [2.24, 2.45) is 11.8 Å². The van der Waals surface area contributed by atoms with Gasteiger partial charge in [-0.2, -0.15) is 0 Å². The van der Waals surface area contributed by atoms with Gasteiger partial charge in [-0.1, -0.05) is 19.4 Å². The second kappa shape index (κ2) is 5.10. The standard InChI is InChI=1S/C12H18O3/c1-8(2)10-4-9(5-11(13)7-10)6-12(14)15-3/h5,8,10H,4,6-7H2,1-3H3. The number of ether oxygens (including phenoxy) is 1. The van der Waals surface area contributed by atoms with E-state index in [9.17, 15) is 9.59 Å². The first kappa shape index (κ1) is 12.0. The number of carbonyl (C=O) groups excluding carboxylic acids is 2. The quantitative estimate of drug-likeness (QED) is 0.670. The van der Waals surface area contributed by atoms with Crippen LogP contribution in [0.5, 0.6) is 0 Å². The number of carbonyl (C=O) groups is 2. The lowest BCUT2D eigenvalue weighted by molar-refractivity contribution is -0.139. The van der Waals surface area contributed by atoms with Crippen LogP contribution in [0.3, 0.4) is 0 Å². The van der Waals surface area contributed by atoms with Gasteiger partial charge in [0.25, 0.3) is 0 Å². The second-order valence-corrected chi connectivity index (χ2v) is 4.43. The van der Waals surface area contributed by atoms with Crippen LogP contribution in [0.1, 0.15) is 33.1 Å². The summed E-state index contributed by atoms with van der Waals surface area (Å²) in [6.45, 7) is 4.22. The van der Waals surface area contributed by atoms with Crippen LogP contribution in [0.25, 0.3) is 0 Å². The molecule has 0 N–H and O–H groups in total. The molecule has 1 rings (SSSR count). The molecule has 0 bridgehead atoms. The molecule has 0 amide bonds. The van der Waals surface area contributed by atoms with Gasteiger partial charge < -0.3 is 4.74 Å². The highest BCUT2D eigenvalue weighted by molar-refractivity contribution is 5.92. The number of esters is 1. The van der Waals surface area contributed by atoms with Crippen LogP contribution in [0.15, 0.2) is 11.6 Å². The van der Waals surface area contributed by atoms with E-state index in [0.29, 0.717) is 18.3 Å². The molecule has 0 radical (unpaired) electrons. The van der Waals surface area contributed by atoms with Gasteiger partial charge in [0.15, 0.2) is 5.78 Å². The predicted octanol–water partition coefficient (Wildman–Crippen LogP) is 2.11. The summed E-state index contributed by atoms with van der Waals surface area (Å²) < 4.78 is 4.59. The van der Waals surface area contributed by atoms with Gasteiger partial charge in [-0.25, -0.2) is 0 Å². The zero-order valence-corrected chi connectivity index (χ0v) is 9.58. The van der Waals surface area contributed by atoms with Crippen LogP contribution in [0, 0.1) is 11.8 Å². The zero-order valence-electron chi connectivity index (χ0n) is 9.58. The van der Waals surface area contributed by atoms with Crippen molar-refractivity contribution in [1.82, 2.24) is 0 Å². The molecule has 3 heteroatoms. The Kier molecular flexibility index (Phi) is 4.06. The van der Waals surface area contributed by atoms with E-state index in [-0.39, 0.29) is 18.2 Å². The molecule has 0 saturated heterocycles. The van der Waals surface area contributed by atoms with Crippen LogP contribution >= 0.6 is 0 Å². The third-order valence-corrected chi connectivity index (χ3v) is 2.89. The molecule has 1 aliphatic rings. The fourth-order valence-corrected chi connectivity index (χ4v) is 1.87. The lowest BCUT2D eigenvalue weighted by Crippen LogP contribution is -2.20. The summed E-state index contributed by atoms with van der Waals surface area (Å²) in [5.74, 6) is 0.731. The van der Waals surface area contributed by atoms with E-state index in [1.54, 1.807) is 6.08 Å². The summed E-state index contributed by atoms with van der Waals surface area (Å²) in [5, 5.41) is 0. The predicted molar refractivity (Wildman–Crippen MR) is 57.3 cm³/mol. The van der Waals surface area contributed by atoms with Crippen molar-refractivity contribution in [3.63, 3.8) is 0 Å². The number of methoxy groups -OCH3 is 1. The second-order valence-electron chi connectivity index (χ2n) is 4.43. The summed E-state index contributed by atoms with van der Waals surface area (Å²) in [6, 6.07) is 0. The van der Waals surface area contributed by atoms with Crippen molar-refractivity contribution < 1.29 is 14.3 Å². The largest absolute Gasteiger partial charge is 0.469 e. The maximum absolute atomic E-state index is 11.4. The van der Waals surface area contributed by atoms with Gasteiger partial charge in [-0.05, 0) is 24.3 Å². The Morgan fingerprint density at radius 3 is 2.73 bits per heavy atom. The highest BCUT2D eigenvalue weighted by atomic mass is 16.5. The fraction of sp³-hybridized carbons (Fsp3) is 0.667. The summed E-state index contributed by atoms with van der Waals surface area (Å²) in [6.07, 6.45) is 3.32. The molecule has 3 nitrogen and oxygen atoms in total. The first-order valence-electron chi connectivity index (χ1n) is 5.32. The molecule has 1 unspecified atom stereocenters. The van der Waals surface area contributed by atoms with Gasteiger partial charge in [-0.3, -0.25) is 9.59 Å². The van der Waals surface area contributed by atoms with Gasteiger partial charge in [-0.15, -0.1) is 0 Å². The molecular formula is C12H18O3. The first-order chi connectivity index (χ1) is 7.02. The normalized spacial score (nSPS) is 21.5. The van der Waals surface area contributed by atoms with Gasteiger partial charge in [0.05, 0.1) is 13.5 Å². The minimum Gasteiger partial charge on any atom is -0.469 e. The van der Waals surface area contributed by atoms with Gasteiger partial charge in [0, 0.05) is 6.42 Å². The van der Waals surface area contributed by atoms with Crippen molar-refractivity contribution in [3.05, 3.63) is 11.6 Å². The summed E-state index contributed by atoms with van der Waals surface area (Å²) >= 11 is 0. The van der Waals surface area contributed by atoms with E-state index in [0.717, 1.165) is 12.0 Å². The molecule has 0 fully saturated rings. The Morgan fingerprint density at radius 1 is 1.53 bits per heavy atom. The van der Waals surface area contributed by atoms with Gasteiger partial charge >= 0.3 is 5.97 Å². The number of hydrogen-bond acceptors (Lipinski definition) is 3. The zero-order chi connectivity index (χ0) is 11.4. The van der Waals surface area contributed by atoms with E-state index < -0.39 is 0 Å². The van der Waals surface area contributed by atoms with Crippen molar-refractivity contribution in [3.8, 4) is 0 Å². The van der Waals surface area contributed by atoms with E-state index in [4.69, 9.17) is 0 Å². The molecule has 0 aromatic rings. The summed E-state index contributed by atoms with van der Waals surface area (Å²) in [4.78, 5) is 22.5. The minimum atomic E-state index is -0.265. The van der Waals surface area contributed by atoms with Crippen LogP contribution in [0.4, 0.5) is 0 Å². The highest BCUT2D eigenvalue weighted by Gasteiger charge is 2.24. The highest BCUT2D eigenvalue weighted by Crippen LogP contribution is 2.29. The average Bonchev–Trinajstić information content (AvgIpc) is 2.16. The number of allylic oxidation sites excluding steroid dienone is 1. The van der Waals surface area contributed by atoms with Crippen LogP contribution in [0.2, 0.25) is 0 Å². The molecule has 0 aromatic heterocycles. The SMILES string of the molecule is COC(=O)CC1=CC(=O)CC(C(C)C)C1. The van der Waals surface area contributed by atoms with Crippen molar-refractivity contribution >= 4 is 11.8 Å². The monoisotopic (exact) mass is 210 g/mol. The molecule has 15 heavy (non-hydrogen) atoms. The summed E-state index contributed by atoms with van der Waals surface area (Å²) in [7, 11) is 1.37. The summed E-state index contributed by atoms with van der Waals surface area (Å²) in [5.41, 5.74) is 0.914. The van der Waals surface area contributed by atoms with E-state index in [1.807, 2.05) is 0 Å². The molecule has 1 aliphatic carbocycles. The molecule has 0 aliphatic heterocycles. The van der Waals surface area contributed by atoms with Crippen LogP contribution < -0.4 is 0 Å². The Bertz CT molecular complexity index is 289. The third-order valence-electron chi connectivity index (χ3n) is 2.89. The maximum atomic E-state index is 11.4.